The van der Waals surface area contributed by atoms with Gasteiger partial charge in [-0.2, -0.15) is 0 Å². The number of aromatic nitrogens is 3. The Morgan fingerprint density at radius 3 is 2.88 bits per heavy atom. The van der Waals surface area contributed by atoms with Crippen LogP contribution in [0.15, 0.2) is 9.95 Å². The zero-order chi connectivity index (χ0) is 12.1. The molecule has 0 unspecified atom stereocenters. The van der Waals surface area contributed by atoms with E-state index < -0.39 is 17.6 Å². The fourth-order valence-electron chi connectivity index (χ4n) is 0.873. The number of carboxylic acid groups (broad SMARTS) is 1. The third kappa shape index (κ3) is 3.12. The van der Waals surface area contributed by atoms with Crippen LogP contribution in [0.25, 0.3) is 0 Å². The number of hydrogen-bond donors (Lipinski definition) is 2. The highest BCUT2D eigenvalue weighted by Gasteiger charge is 2.13. The molecule has 1 aromatic heterocycles. The van der Waals surface area contributed by atoms with E-state index >= 15 is 0 Å². The Bertz CT molecular complexity index is 451. The first-order valence-electron chi connectivity index (χ1n) is 4.11. The van der Waals surface area contributed by atoms with E-state index in [0.29, 0.717) is 0 Å². The van der Waals surface area contributed by atoms with Crippen molar-refractivity contribution in [3.05, 3.63) is 10.5 Å². The summed E-state index contributed by atoms with van der Waals surface area (Å²) in [4.78, 5) is 32.5. The number of carbonyl (C=O) groups is 2. The Kier molecular flexibility index (Phi) is 4.11. The average Bonchev–Trinajstić information content (AvgIpc) is 2.57. The number of carbonyl (C=O) groups excluding carboxylic acids is 1. The zero-order valence-corrected chi connectivity index (χ0v) is 9.11. The smallest absolute Gasteiger partial charge is 0.344 e. The SMILES string of the molecule is COC(=O)Cn1c(SCC(=O)O)n[nH]c1=O. The topological polar surface area (TPSA) is 114 Å². The first-order chi connectivity index (χ1) is 7.54. The second-order valence-electron chi connectivity index (χ2n) is 2.66. The number of H-pyrrole nitrogens is 1. The first kappa shape index (κ1) is 12.3. The lowest BCUT2D eigenvalue weighted by atomic mass is 10.6. The van der Waals surface area contributed by atoms with Crippen molar-refractivity contribution < 1.29 is 19.4 Å². The lowest BCUT2D eigenvalue weighted by molar-refractivity contribution is -0.141. The van der Waals surface area contributed by atoms with E-state index in [0.717, 1.165) is 16.3 Å². The van der Waals surface area contributed by atoms with Crippen LogP contribution in [-0.4, -0.2) is 44.7 Å². The Morgan fingerprint density at radius 1 is 1.62 bits per heavy atom. The third-order valence-electron chi connectivity index (χ3n) is 1.56. The normalized spacial score (nSPS) is 10.1. The van der Waals surface area contributed by atoms with Crippen LogP contribution >= 0.6 is 11.8 Å². The van der Waals surface area contributed by atoms with E-state index in [-0.39, 0.29) is 17.5 Å². The van der Waals surface area contributed by atoms with Crippen LogP contribution in [-0.2, 0) is 20.9 Å². The molecule has 9 heteroatoms. The van der Waals surface area contributed by atoms with Gasteiger partial charge in [0.1, 0.15) is 6.54 Å². The minimum Gasteiger partial charge on any atom is -0.481 e. The molecule has 0 atom stereocenters. The lowest BCUT2D eigenvalue weighted by Gasteiger charge is -2.02. The number of esters is 1. The van der Waals surface area contributed by atoms with Gasteiger partial charge in [0.05, 0.1) is 12.9 Å². The van der Waals surface area contributed by atoms with Gasteiger partial charge in [-0.25, -0.2) is 9.89 Å². The molecule has 0 amide bonds. The molecule has 8 nitrogen and oxygen atoms in total. The van der Waals surface area contributed by atoms with Crippen molar-refractivity contribution in [2.24, 2.45) is 0 Å². The van der Waals surface area contributed by atoms with Crippen molar-refractivity contribution in [3.63, 3.8) is 0 Å². The van der Waals surface area contributed by atoms with Crippen molar-refractivity contribution in [1.82, 2.24) is 14.8 Å². The number of ether oxygens (including phenoxy) is 1. The molecule has 88 valence electrons. The van der Waals surface area contributed by atoms with Crippen LogP contribution in [0.4, 0.5) is 0 Å². The standard InChI is InChI=1S/C7H9N3O5S/c1-15-5(13)2-10-6(14)8-9-7(10)16-3-4(11)12/h2-3H2,1H3,(H,8,14)(H,11,12). The number of hydrogen-bond acceptors (Lipinski definition) is 6. The highest BCUT2D eigenvalue weighted by Crippen LogP contribution is 2.12. The summed E-state index contributed by atoms with van der Waals surface area (Å²) in [7, 11) is 1.19. The van der Waals surface area contributed by atoms with E-state index in [4.69, 9.17) is 5.11 Å². The number of aromatic amines is 1. The molecule has 0 spiro atoms. The van der Waals surface area contributed by atoms with Gasteiger partial charge in [0.2, 0.25) is 0 Å². The third-order valence-corrected chi connectivity index (χ3v) is 2.52. The summed E-state index contributed by atoms with van der Waals surface area (Å²) in [5, 5.41) is 14.3. The summed E-state index contributed by atoms with van der Waals surface area (Å²) >= 11 is 0.842. The van der Waals surface area contributed by atoms with Gasteiger partial charge in [0.25, 0.3) is 0 Å². The van der Waals surface area contributed by atoms with Gasteiger partial charge in [0.15, 0.2) is 5.16 Å². The zero-order valence-electron chi connectivity index (χ0n) is 8.30. The molecule has 0 aliphatic heterocycles. The number of thioether (sulfide) groups is 1. The summed E-state index contributed by atoms with van der Waals surface area (Å²) in [6, 6.07) is 0. The van der Waals surface area contributed by atoms with Gasteiger partial charge in [-0.05, 0) is 0 Å². The Morgan fingerprint density at radius 2 is 2.31 bits per heavy atom. The van der Waals surface area contributed by atoms with Crippen molar-refractivity contribution in [3.8, 4) is 0 Å². The molecule has 0 saturated heterocycles. The molecule has 0 bridgehead atoms. The minimum absolute atomic E-state index is 0.137. The van der Waals surface area contributed by atoms with Gasteiger partial charge in [0, 0.05) is 0 Å². The number of nitrogens with one attached hydrogen (secondary N) is 1. The maximum absolute atomic E-state index is 11.2. The summed E-state index contributed by atoms with van der Waals surface area (Å²) in [5.41, 5.74) is -0.585. The quantitative estimate of drug-likeness (QED) is 0.502. The van der Waals surface area contributed by atoms with Crippen LogP contribution in [0, 0.1) is 0 Å². The number of nitrogens with zero attached hydrogens (tertiary/aromatic N) is 2. The maximum Gasteiger partial charge on any atom is 0.344 e. The number of aliphatic carboxylic acids is 1. The van der Waals surface area contributed by atoms with Gasteiger partial charge in [-0.1, -0.05) is 11.8 Å². The summed E-state index contributed by atoms with van der Waals surface area (Å²) in [6.07, 6.45) is 0. The Balaban J connectivity index is 2.81. The molecular weight excluding hydrogens is 238 g/mol. The lowest BCUT2D eigenvalue weighted by Crippen LogP contribution is -2.23. The van der Waals surface area contributed by atoms with Gasteiger partial charge in [-0.15, -0.1) is 5.10 Å². The first-order valence-corrected chi connectivity index (χ1v) is 5.09. The van der Waals surface area contributed by atoms with Crippen LogP contribution in [0.1, 0.15) is 0 Å². The second-order valence-corrected chi connectivity index (χ2v) is 3.60. The van der Waals surface area contributed by atoms with Crippen LogP contribution in [0.5, 0.6) is 0 Å². The maximum atomic E-state index is 11.2. The molecule has 1 aromatic rings. The fourth-order valence-corrected chi connectivity index (χ4v) is 1.54. The molecule has 0 aliphatic rings. The molecule has 0 aliphatic carbocycles. The van der Waals surface area contributed by atoms with Crippen molar-refractivity contribution in [2.75, 3.05) is 12.9 Å². The van der Waals surface area contributed by atoms with Crippen LogP contribution in [0.2, 0.25) is 0 Å². The van der Waals surface area contributed by atoms with Crippen molar-refractivity contribution in [2.45, 2.75) is 11.7 Å². The molecule has 2 N–H and O–H groups in total. The molecule has 0 saturated carbocycles. The van der Waals surface area contributed by atoms with E-state index in [1.54, 1.807) is 0 Å². The predicted octanol–water partition coefficient (Wildman–Crippen LogP) is -1.08. The summed E-state index contributed by atoms with van der Waals surface area (Å²) in [5.74, 6) is -1.89. The van der Waals surface area contributed by atoms with E-state index in [1.807, 2.05) is 0 Å². The largest absolute Gasteiger partial charge is 0.481 e. The van der Waals surface area contributed by atoms with E-state index in [1.165, 1.54) is 7.11 Å². The Hall–Kier alpha value is -1.77. The molecule has 0 aromatic carbocycles. The number of rotatable bonds is 5. The van der Waals surface area contributed by atoms with Gasteiger partial charge in [-0.3, -0.25) is 14.2 Å². The van der Waals surface area contributed by atoms with Gasteiger partial charge >= 0.3 is 17.6 Å². The van der Waals surface area contributed by atoms with Crippen LogP contribution < -0.4 is 5.69 Å². The monoisotopic (exact) mass is 247 g/mol. The average molecular weight is 247 g/mol. The fraction of sp³-hybridized carbons (Fsp3) is 0.429. The van der Waals surface area contributed by atoms with E-state index in [9.17, 15) is 14.4 Å². The highest BCUT2D eigenvalue weighted by atomic mass is 32.2. The van der Waals surface area contributed by atoms with Crippen molar-refractivity contribution in [1.29, 1.82) is 0 Å². The van der Waals surface area contributed by atoms with Gasteiger partial charge < -0.3 is 9.84 Å². The van der Waals surface area contributed by atoms with Crippen molar-refractivity contribution >= 4 is 23.7 Å². The van der Waals surface area contributed by atoms with Crippen LogP contribution in [0.3, 0.4) is 0 Å². The molecule has 1 heterocycles. The predicted molar refractivity (Wildman–Crippen MR) is 53.2 cm³/mol. The van der Waals surface area contributed by atoms with E-state index in [2.05, 4.69) is 14.9 Å². The minimum atomic E-state index is -1.04. The molecule has 16 heavy (non-hydrogen) atoms. The molecule has 0 fully saturated rings. The molecular formula is C7H9N3O5S. The number of carboxylic acids is 1. The Labute approximate surface area is 93.6 Å². The molecule has 1 rings (SSSR count). The summed E-state index contributed by atoms with van der Waals surface area (Å²) < 4.78 is 5.41. The molecule has 0 radical (unpaired) electrons. The number of methoxy groups -OCH3 is 1. The summed E-state index contributed by atoms with van der Waals surface area (Å²) in [6.45, 7) is -0.298. The highest BCUT2D eigenvalue weighted by molar-refractivity contribution is 7.99. The second kappa shape index (κ2) is 5.35.